The zero-order valence-corrected chi connectivity index (χ0v) is 17.6. The number of amides is 1. The Morgan fingerprint density at radius 2 is 1.85 bits per heavy atom. The fraction of sp³-hybridized carbons (Fsp3) is 0.250. The maximum atomic E-state index is 12.4. The van der Waals surface area contributed by atoms with Crippen molar-refractivity contribution in [2.45, 2.75) is 37.3 Å². The van der Waals surface area contributed by atoms with Crippen molar-refractivity contribution in [3.05, 3.63) is 76.0 Å². The molecule has 27 heavy (non-hydrogen) atoms. The molecule has 5 nitrogen and oxygen atoms in total. The van der Waals surface area contributed by atoms with Crippen LogP contribution in [0.1, 0.15) is 41.6 Å². The fourth-order valence-corrected chi connectivity index (χ4v) is 3.92. The van der Waals surface area contributed by atoms with Crippen LogP contribution in [0.2, 0.25) is 0 Å². The zero-order valence-electron chi connectivity index (χ0n) is 15.2. The van der Waals surface area contributed by atoms with E-state index in [1.54, 1.807) is 23.9 Å². The molecule has 0 aliphatic rings. The lowest BCUT2D eigenvalue weighted by atomic mass is 10.2. The molecule has 1 aromatic heterocycles. The van der Waals surface area contributed by atoms with Crippen molar-refractivity contribution in [1.82, 2.24) is 20.1 Å². The summed E-state index contributed by atoms with van der Waals surface area (Å²) in [5, 5.41) is 12.5. The van der Waals surface area contributed by atoms with Crippen LogP contribution in [0.4, 0.5) is 0 Å². The Morgan fingerprint density at radius 3 is 2.52 bits per heavy atom. The van der Waals surface area contributed by atoms with E-state index in [1.807, 2.05) is 37.3 Å². The molecule has 1 unspecified atom stereocenters. The van der Waals surface area contributed by atoms with Crippen molar-refractivity contribution in [1.29, 1.82) is 0 Å². The predicted molar refractivity (Wildman–Crippen MR) is 112 cm³/mol. The van der Waals surface area contributed by atoms with Gasteiger partial charge in [-0.05, 0) is 43.7 Å². The van der Waals surface area contributed by atoms with Gasteiger partial charge in [-0.2, -0.15) is 0 Å². The topological polar surface area (TPSA) is 59.8 Å². The van der Waals surface area contributed by atoms with Crippen LogP contribution < -0.4 is 5.32 Å². The van der Waals surface area contributed by atoms with Crippen LogP contribution in [0.25, 0.3) is 0 Å². The number of carbonyl (C=O) groups excluding carboxylic acids is 1. The van der Waals surface area contributed by atoms with E-state index in [2.05, 4.69) is 55.1 Å². The number of carbonyl (C=O) groups is 1. The van der Waals surface area contributed by atoms with Crippen LogP contribution in [0.3, 0.4) is 0 Å². The minimum absolute atomic E-state index is 0.113. The summed E-state index contributed by atoms with van der Waals surface area (Å²) < 4.78 is 3.12. The molecule has 1 atom stereocenters. The second kappa shape index (κ2) is 9.19. The second-order valence-corrected chi connectivity index (χ2v) is 7.92. The smallest absolute Gasteiger partial charge is 0.251 e. The molecule has 140 valence electrons. The largest absolute Gasteiger partial charge is 0.342 e. The summed E-state index contributed by atoms with van der Waals surface area (Å²) in [6.07, 6.45) is 0. The Bertz CT molecular complexity index is 896. The Labute approximate surface area is 171 Å². The molecule has 7 heteroatoms. The minimum Gasteiger partial charge on any atom is -0.342 e. The molecule has 0 aliphatic carbocycles. The SMILES string of the molecule is CCn1c(SCc2ccc(Br)cc2)nnc1C(C)NC(=O)c1ccccc1. The lowest BCUT2D eigenvalue weighted by molar-refractivity contribution is 0.0937. The number of rotatable bonds is 7. The van der Waals surface area contributed by atoms with Gasteiger partial charge in [-0.1, -0.05) is 58.0 Å². The third kappa shape index (κ3) is 4.99. The van der Waals surface area contributed by atoms with E-state index < -0.39 is 0 Å². The highest BCUT2D eigenvalue weighted by molar-refractivity contribution is 9.10. The van der Waals surface area contributed by atoms with Gasteiger partial charge >= 0.3 is 0 Å². The van der Waals surface area contributed by atoms with Crippen LogP contribution >= 0.6 is 27.7 Å². The van der Waals surface area contributed by atoms with Gasteiger partial charge in [-0.3, -0.25) is 4.79 Å². The summed E-state index contributed by atoms with van der Waals surface area (Å²) in [5.74, 6) is 1.47. The zero-order chi connectivity index (χ0) is 19.2. The van der Waals surface area contributed by atoms with Gasteiger partial charge < -0.3 is 9.88 Å². The number of halogens is 1. The van der Waals surface area contributed by atoms with Gasteiger partial charge in [-0.25, -0.2) is 0 Å². The highest BCUT2D eigenvalue weighted by Crippen LogP contribution is 2.25. The van der Waals surface area contributed by atoms with E-state index in [-0.39, 0.29) is 11.9 Å². The van der Waals surface area contributed by atoms with Crippen LogP contribution in [0, 0.1) is 0 Å². The van der Waals surface area contributed by atoms with E-state index in [9.17, 15) is 4.79 Å². The van der Waals surface area contributed by atoms with Crippen molar-refractivity contribution in [3.8, 4) is 0 Å². The summed E-state index contributed by atoms with van der Waals surface area (Å²) in [6, 6.07) is 17.2. The van der Waals surface area contributed by atoms with Gasteiger partial charge in [0, 0.05) is 22.3 Å². The van der Waals surface area contributed by atoms with Crippen molar-refractivity contribution in [2.75, 3.05) is 0 Å². The average Bonchev–Trinajstić information content (AvgIpc) is 3.11. The van der Waals surface area contributed by atoms with E-state index >= 15 is 0 Å². The molecule has 0 radical (unpaired) electrons. The van der Waals surface area contributed by atoms with Gasteiger partial charge in [0.1, 0.15) is 0 Å². The third-order valence-electron chi connectivity index (χ3n) is 4.11. The molecular weight excluding hydrogens is 424 g/mol. The first-order chi connectivity index (χ1) is 13.1. The number of benzene rings is 2. The predicted octanol–water partition coefficient (Wildman–Crippen LogP) is 4.84. The molecule has 2 aromatic carbocycles. The second-order valence-electron chi connectivity index (χ2n) is 6.06. The first kappa shape index (κ1) is 19.6. The van der Waals surface area contributed by atoms with Crippen molar-refractivity contribution < 1.29 is 4.79 Å². The average molecular weight is 445 g/mol. The van der Waals surface area contributed by atoms with Crippen molar-refractivity contribution in [3.63, 3.8) is 0 Å². The maximum absolute atomic E-state index is 12.4. The fourth-order valence-electron chi connectivity index (χ4n) is 2.69. The molecule has 0 spiro atoms. The summed E-state index contributed by atoms with van der Waals surface area (Å²) in [5.41, 5.74) is 1.86. The van der Waals surface area contributed by atoms with Crippen LogP contribution in [0.5, 0.6) is 0 Å². The Kier molecular flexibility index (Phi) is 6.68. The molecule has 0 bridgehead atoms. The molecule has 1 heterocycles. The molecule has 3 aromatic rings. The number of nitrogens with zero attached hydrogens (tertiary/aromatic N) is 3. The van der Waals surface area contributed by atoms with Crippen molar-refractivity contribution >= 4 is 33.6 Å². The molecule has 0 aliphatic heterocycles. The van der Waals surface area contributed by atoms with Gasteiger partial charge in [0.15, 0.2) is 11.0 Å². The van der Waals surface area contributed by atoms with E-state index in [1.165, 1.54) is 5.56 Å². The van der Waals surface area contributed by atoms with Crippen LogP contribution in [-0.2, 0) is 12.3 Å². The van der Waals surface area contributed by atoms with Crippen LogP contribution in [0.15, 0.2) is 64.2 Å². The number of hydrogen-bond donors (Lipinski definition) is 1. The van der Waals surface area contributed by atoms with Crippen LogP contribution in [-0.4, -0.2) is 20.7 Å². The quantitative estimate of drug-likeness (QED) is 0.529. The first-order valence-corrected chi connectivity index (χ1v) is 10.5. The summed E-state index contributed by atoms with van der Waals surface area (Å²) in [4.78, 5) is 12.4. The number of thioether (sulfide) groups is 1. The Morgan fingerprint density at radius 1 is 1.15 bits per heavy atom. The van der Waals surface area contributed by atoms with Crippen molar-refractivity contribution in [2.24, 2.45) is 0 Å². The summed E-state index contributed by atoms with van der Waals surface area (Å²) >= 11 is 5.10. The monoisotopic (exact) mass is 444 g/mol. The molecule has 3 rings (SSSR count). The lowest BCUT2D eigenvalue weighted by Gasteiger charge is -2.15. The highest BCUT2D eigenvalue weighted by atomic mass is 79.9. The minimum atomic E-state index is -0.229. The molecule has 1 N–H and O–H groups in total. The third-order valence-corrected chi connectivity index (χ3v) is 5.68. The Balaban J connectivity index is 1.69. The first-order valence-electron chi connectivity index (χ1n) is 8.74. The maximum Gasteiger partial charge on any atom is 0.251 e. The molecule has 0 fully saturated rings. The Hall–Kier alpha value is -2.12. The van der Waals surface area contributed by atoms with E-state index in [4.69, 9.17) is 0 Å². The molecule has 0 saturated carbocycles. The summed E-state index contributed by atoms with van der Waals surface area (Å²) in [7, 11) is 0. The highest BCUT2D eigenvalue weighted by Gasteiger charge is 2.19. The number of aromatic nitrogens is 3. The molecule has 0 saturated heterocycles. The van der Waals surface area contributed by atoms with E-state index in [0.717, 1.165) is 27.8 Å². The number of hydrogen-bond acceptors (Lipinski definition) is 4. The van der Waals surface area contributed by atoms with Gasteiger partial charge in [0.2, 0.25) is 0 Å². The normalized spacial score (nSPS) is 12.0. The van der Waals surface area contributed by atoms with E-state index in [0.29, 0.717) is 5.56 Å². The number of nitrogens with one attached hydrogen (secondary N) is 1. The molecular formula is C20H21BrN4OS. The lowest BCUT2D eigenvalue weighted by Crippen LogP contribution is -2.28. The van der Waals surface area contributed by atoms with Gasteiger partial charge in [-0.15, -0.1) is 10.2 Å². The molecule has 1 amide bonds. The standard InChI is InChI=1S/C20H21BrN4OS/c1-3-25-18(14(2)22-19(26)16-7-5-4-6-8-16)23-24-20(25)27-13-15-9-11-17(21)12-10-15/h4-12,14H,3,13H2,1-2H3,(H,22,26). The van der Waals surface area contributed by atoms with Gasteiger partial charge in [0.25, 0.3) is 5.91 Å². The summed E-state index contributed by atoms with van der Waals surface area (Å²) in [6.45, 7) is 4.74. The van der Waals surface area contributed by atoms with Gasteiger partial charge in [0.05, 0.1) is 6.04 Å².